The quantitative estimate of drug-likeness (QED) is 0.663. The second kappa shape index (κ2) is 3.18. The summed E-state index contributed by atoms with van der Waals surface area (Å²) in [6.45, 7) is 0. The van der Waals surface area contributed by atoms with Crippen molar-refractivity contribution >= 4 is 10.3 Å². The Morgan fingerprint density at radius 3 is 2.00 bits per heavy atom. The van der Waals surface area contributed by atoms with Crippen LogP contribution in [0, 0.1) is 0 Å². The first-order valence-electron chi connectivity index (χ1n) is 3.51. The summed E-state index contributed by atoms with van der Waals surface area (Å²) >= 11 is 0. The predicted molar refractivity (Wildman–Crippen MR) is 52.4 cm³/mol. The molecule has 0 radical (unpaired) electrons. The van der Waals surface area contributed by atoms with E-state index >= 15 is 0 Å². The Kier molecular flexibility index (Phi) is 2.45. The molecule has 0 heterocycles. The molecule has 1 aromatic carbocycles. The molecule has 0 N–H and O–H groups in total. The molecular weight excluding hydrogens is 156 g/mol. The van der Waals surface area contributed by atoms with Gasteiger partial charge in [0.25, 0.3) is 0 Å². The van der Waals surface area contributed by atoms with Crippen molar-refractivity contribution in [1.82, 2.24) is 0 Å². The molecule has 0 amide bonds. The lowest BCUT2D eigenvalue weighted by Crippen LogP contribution is -2.00. The van der Waals surface area contributed by atoms with Gasteiger partial charge in [-0.05, 0) is 30.9 Å². The number of rotatable bonds is 2. The van der Waals surface area contributed by atoms with Crippen LogP contribution in [0.1, 0.15) is 0 Å². The Morgan fingerprint density at radius 2 is 1.55 bits per heavy atom. The highest BCUT2D eigenvalue weighted by Crippen LogP contribution is 2.36. The summed E-state index contributed by atoms with van der Waals surface area (Å²) in [5.41, 5.74) is 0. The number of benzene rings is 1. The lowest BCUT2D eigenvalue weighted by atomic mass is 10.3. The second-order valence-electron chi connectivity index (χ2n) is 3.12. The van der Waals surface area contributed by atoms with Crippen LogP contribution in [0.15, 0.2) is 30.3 Å². The van der Waals surface area contributed by atoms with Crippen LogP contribution in [-0.4, -0.2) is 18.8 Å². The molecule has 2 heteroatoms. The summed E-state index contributed by atoms with van der Waals surface area (Å²) in [6, 6.07) is 9.93. The van der Waals surface area contributed by atoms with Crippen LogP contribution >= 0.6 is 10.3 Å². The van der Waals surface area contributed by atoms with Crippen LogP contribution in [0.25, 0.3) is 0 Å². The van der Waals surface area contributed by atoms with E-state index in [-0.39, 0.29) is 0 Å². The molecule has 0 bridgehead atoms. The zero-order chi connectivity index (χ0) is 8.32. The van der Waals surface area contributed by atoms with Crippen LogP contribution in [0.3, 0.4) is 0 Å². The highest BCUT2D eigenvalue weighted by atomic mass is 32.3. The third-order valence-corrected chi connectivity index (χ3v) is 1.78. The van der Waals surface area contributed by atoms with E-state index in [1.54, 1.807) is 0 Å². The van der Waals surface area contributed by atoms with Gasteiger partial charge in [0.05, 0.1) is 0 Å². The van der Waals surface area contributed by atoms with Crippen molar-refractivity contribution < 1.29 is 4.18 Å². The van der Waals surface area contributed by atoms with E-state index in [1.807, 2.05) is 30.3 Å². The predicted octanol–water partition coefficient (Wildman–Crippen LogP) is 2.67. The number of hydrogen-bond acceptors (Lipinski definition) is 1. The van der Waals surface area contributed by atoms with Gasteiger partial charge in [-0.2, -0.15) is 0 Å². The van der Waals surface area contributed by atoms with Gasteiger partial charge in [-0.1, -0.05) is 18.2 Å². The van der Waals surface area contributed by atoms with E-state index in [2.05, 4.69) is 18.8 Å². The molecule has 62 valence electrons. The molecule has 0 aliphatic heterocycles. The molecule has 0 unspecified atom stereocenters. The Balaban J connectivity index is 2.66. The number of para-hydroxylation sites is 1. The average Bonchev–Trinajstić information content (AvgIpc) is 1.85. The van der Waals surface area contributed by atoms with Gasteiger partial charge in [0, 0.05) is 0 Å². The van der Waals surface area contributed by atoms with Crippen LogP contribution in [0.4, 0.5) is 0 Å². The molecule has 1 aromatic rings. The first kappa shape index (κ1) is 8.47. The minimum atomic E-state index is -0.877. The second-order valence-corrected chi connectivity index (χ2v) is 6.74. The fraction of sp³-hybridized carbons (Fsp3) is 0.333. The van der Waals surface area contributed by atoms with Gasteiger partial charge in [0.15, 0.2) is 0 Å². The van der Waals surface area contributed by atoms with Crippen molar-refractivity contribution in [3.63, 3.8) is 0 Å². The largest absolute Gasteiger partial charge is 0.450 e. The van der Waals surface area contributed by atoms with Gasteiger partial charge >= 0.3 is 0 Å². The molecule has 1 rings (SSSR count). The molecule has 0 atom stereocenters. The van der Waals surface area contributed by atoms with Crippen molar-refractivity contribution in [2.75, 3.05) is 18.8 Å². The molecular formula is C9H14OS. The van der Waals surface area contributed by atoms with Crippen molar-refractivity contribution in [2.24, 2.45) is 0 Å². The minimum absolute atomic E-state index is 0.877. The molecule has 11 heavy (non-hydrogen) atoms. The Bertz CT molecular complexity index is 213. The molecule has 0 spiro atoms. The highest BCUT2D eigenvalue weighted by Gasteiger charge is 2.03. The smallest absolute Gasteiger partial charge is 0.134 e. The molecule has 0 saturated heterocycles. The highest BCUT2D eigenvalue weighted by molar-refractivity contribution is 8.28. The molecule has 0 fully saturated rings. The Morgan fingerprint density at radius 1 is 1.00 bits per heavy atom. The summed E-state index contributed by atoms with van der Waals surface area (Å²) in [5.74, 6) is 0.968. The van der Waals surface area contributed by atoms with E-state index in [1.165, 1.54) is 0 Å². The van der Waals surface area contributed by atoms with Gasteiger partial charge < -0.3 is 4.18 Å². The molecule has 0 aromatic heterocycles. The van der Waals surface area contributed by atoms with E-state index in [9.17, 15) is 0 Å². The third-order valence-electron chi connectivity index (χ3n) is 1.09. The maximum atomic E-state index is 5.68. The average molecular weight is 170 g/mol. The lowest BCUT2D eigenvalue weighted by Gasteiger charge is -2.26. The summed E-state index contributed by atoms with van der Waals surface area (Å²) in [6.07, 6.45) is 6.38. The minimum Gasteiger partial charge on any atom is -0.450 e. The Labute approximate surface area is 69.9 Å². The maximum absolute atomic E-state index is 5.68. The van der Waals surface area contributed by atoms with Crippen molar-refractivity contribution in [3.05, 3.63) is 30.3 Å². The SMILES string of the molecule is CS(C)(C)Oc1ccccc1. The fourth-order valence-corrected chi connectivity index (χ4v) is 1.45. The van der Waals surface area contributed by atoms with Crippen molar-refractivity contribution in [2.45, 2.75) is 0 Å². The summed E-state index contributed by atoms with van der Waals surface area (Å²) in [7, 11) is -0.877. The summed E-state index contributed by atoms with van der Waals surface area (Å²) in [4.78, 5) is 0. The van der Waals surface area contributed by atoms with E-state index in [0.717, 1.165) is 5.75 Å². The first-order chi connectivity index (χ1) is 5.08. The van der Waals surface area contributed by atoms with Gasteiger partial charge in [-0.3, -0.25) is 0 Å². The van der Waals surface area contributed by atoms with Crippen LogP contribution in [-0.2, 0) is 0 Å². The summed E-state index contributed by atoms with van der Waals surface area (Å²) in [5, 5.41) is 0. The molecule has 1 nitrogen and oxygen atoms in total. The van der Waals surface area contributed by atoms with Gasteiger partial charge in [-0.15, -0.1) is 10.3 Å². The molecule has 0 saturated carbocycles. The van der Waals surface area contributed by atoms with E-state index < -0.39 is 10.3 Å². The van der Waals surface area contributed by atoms with Crippen LogP contribution in [0.5, 0.6) is 5.75 Å². The van der Waals surface area contributed by atoms with E-state index in [0.29, 0.717) is 0 Å². The van der Waals surface area contributed by atoms with Gasteiger partial charge in [-0.25, -0.2) is 0 Å². The zero-order valence-electron chi connectivity index (χ0n) is 7.20. The maximum Gasteiger partial charge on any atom is 0.134 e. The topological polar surface area (TPSA) is 9.23 Å². The van der Waals surface area contributed by atoms with Crippen LogP contribution < -0.4 is 4.18 Å². The van der Waals surface area contributed by atoms with Gasteiger partial charge in [0.2, 0.25) is 0 Å². The lowest BCUT2D eigenvalue weighted by molar-refractivity contribution is 0.629. The monoisotopic (exact) mass is 170 g/mol. The normalized spacial score (nSPS) is 12.6. The van der Waals surface area contributed by atoms with Crippen molar-refractivity contribution in [1.29, 1.82) is 0 Å². The van der Waals surface area contributed by atoms with Crippen LogP contribution in [0.2, 0.25) is 0 Å². The van der Waals surface area contributed by atoms with E-state index in [4.69, 9.17) is 4.18 Å². The van der Waals surface area contributed by atoms with Crippen molar-refractivity contribution in [3.8, 4) is 5.75 Å². The molecule has 0 aliphatic rings. The number of hydrogen-bond donors (Lipinski definition) is 0. The third kappa shape index (κ3) is 3.33. The van der Waals surface area contributed by atoms with Gasteiger partial charge in [0.1, 0.15) is 5.75 Å². The zero-order valence-corrected chi connectivity index (χ0v) is 8.02. The first-order valence-corrected chi connectivity index (χ1v) is 6.29. The molecule has 0 aliphatic carbocycles. The standard InChI is InChI=1S/C9H14OS/c1-11(2,3)10-9-7-5-4-6-8-9/h4-8H,1-3H3. The fourth-order valence-electron chi connectivity index (χ4n) is 0.765. The summed E-state index contributed by atoms with van der Waals surface area (Å²) < 4.78 is 5.68. The Hall–Kier alpha value is -0.630.